The van der Waals surface area contributed by atoms with Crippen molar-refractivity contribution in [3.05, 3.63) is 16.7 Å². The van der Waals surface area contributed by atoms with Crippen LogP contribution in [0.5, 0.6) is 5.88 Å². The average molecular weight is 191 g/mol. The maximum absolute atomic E-state index is 7.34. The van der Waals surface area contributed by atoms with Crippen LogP contribution in [0.3, 0.4) is 0 Å². The lowest BCUT2D eigenvalue weighted by molar-refractivity contribution is 0.391. The minimum Gasteiger partial charge on any atom is -0.480 e. The summed E-state index contributed by atoms with van der Waals surface area (Å²) in [7, 11) is 1.40. The van der Waals surface area contributed by atoms with Gasteiger partial charge in [0.1, 0.15) is 0 Å². The number of aromatic nitrogens is 2. The van der Waals surface area contributed by atoms with Crippen LogP contribution < -0.4 is 4.74 Å². The SMILES string of the molecule is [2H]c1nnc(OC)c([2H])c1Br. The normalized spacial score (nSPS) is 12.2. The van der Waals surface area contributed by atoms with E-state index in [-0.39, 0.29) is 18.1 Å². The third-order valence-corrected chi connectivity index (χ3v) is 1.07. The second-order valence-corrected chi connectivity index (χ2v) is 2.05. The third kappa shape index (κ3) is 1.64. The Morgan fingerprint density at radius 2 is 2.67 bits per heavy atom. The van der Waals surface area contributed by atoms with Gasteiger partial charge < -0.3 is 4.74 Å². The highest BCUT2D eigenvalue weighted by atomic mass is 79.9. The largest absolute Gasteiger partial charge is 0.480 e. The fourth-order valence-electron chi connectivity index (χ4n) is 0.353. The van der Waals surface area contributed by atoms with Gasteiger partial charge in [-0.25, -0.2) is 0 Å². The summed E-state index contributed by atoms with van der Waals surface area (Å²) in [5.74, 6) is 0.118. The van der Waals surface area contributed by atoms with Gasteiger partial charge in [-0.1, -0.05) is 0 Å². The molecular formula is C5H5BrN2O. The lowest BCUT2D eigenvalue weighted by Gasteiger charge is -1.94. The van der Waals surface area contributed by atoms with Gasteiger partial charge in [0.2, 0.25) is 5.88 Å². The van der Waals surface area contributed by atoms with Crippen LogP contribution in [-0.4, -0.2) is 17.3 Å². The lowest BCUT2D eigenvalue weighted by Crippen LogP contribution is -1.88. The predicted molar refractivity (Wildman–Crippen MR) is 36.3 cm³/mol. The van der Waals surface area contributed by atoms with Crippen LogP contribution in [0, 0.1) is 0 Å². The first-order valence-electron chi connectivity index (χ1n) is 3.20. The first-order valence-corrected chi connectivity index (χ1v) is 2.99. The van der Waals surface area contributed by atoms with Crippen molar-refractivity contribution in [3.63, 3.8) is 0 Å². The molecule has 0 atom stereocenters. The molecule has 3 nitrogen and oxygen atoms in total. The highest BCUT2D eigenvalue weighted by molar-refractivity contribution is 9.10. The zero-order valence-electron chi connectivity index (χ0n) is 6.68. The second-order valence-electron chi connectivity index (χ2n) is 1.26. The van der Waals surface area contributed by atoms with Crippen LogP contribution >= 0.6 is 15.9 Å². The summed E-state index contributed by atoms with van der Waals surface area (Å²) in [5, 5.41) is 6.92. The molecule has 0 spiro atoms. The van der Waals surface area contributed by atoms with Gasteiger partial charge in [0, 0.05) is 10.5 Å². The molecule has 0 N–H and O–H groups in total. The van der Waals surface area contributed by atoms with Crippen molar-refractivity contribution in [2.45, 2.75) is 0 Å². The third-order valence-electron chi connectivity index (χ3n) is 0.699. The van der Waals surface area contributed by atoms with E-state index in [0.29, 0.717) is 4.47 Å². The molecular weight excluding hydrogens is 184 g/mol. The van der Waals surface area contributed by atoms with E-state index in [1.165, 1.54) is 7.11 Å². The van der Waals surface area contributed by atoms with Gasteiger partial charge in [0.25, 0.3) is 0 Å². The van der Waals surface area contributed by atoms with Crippen molar-refractivity contribution in [2.24, 2.45) is 0 Å². The zero-order valence-corrected chi connectivity index (χ0v) is 6.27. The maximum Gasteiger partial charge on any atom is 0.234 e. The summed E-state index contributed by atoms with van der Waals surface area (Å²) in [4.78, 5) is 0. The smallest absolute Gasteiger partial charge is 0.234 e. The molecule has 48 valence electrons. The molecule has 1 rings (SSSR count). The van der Waals surface area contributed by atoms with E-state index in [1.54, 1.807) is 0 Å². The standard InChI is InChI=1S/C5H5BrN2O/c1-9-5-2-4(6)3-7-8-5/h2-3H,1H3/i2D,3D. The number of rotatable bonds is 1. The summed E-state index contributed by atoms with van der Waals surface area (Å²) in [6, 6.07) is 0.0486. The Balaban J connectivity index is 3.25. The second kappa shape index (κ2) is 2.77. The molecule has 0 aliphatic heterocycles. The molecule has 0 fully saturated rings. The van der Waals surface area contributed by atoms with E-state index in [1.807, 2.05) is 0 Å². The van der Waals surface area contributed by atoms with E-state index in [2.05, 4.69) is 26.1 Å². The number of methoxy groups -OCH3 is 1. The van der Waals surface area contributed by atoms with Crippen LogP contribution in [0.15, 0.2) is 16.7 Å². The summed E-state index contributed by atoms with van der Waals surface area (Å²) < 4.78 is 19.5. The van der Waals surface area contributed by atoms with Gasteiger partial charge in [0.05, 0.1) is 16.0 Å². The van der Waals surface area contributed by atoms with E-state index in [4.69, 9.17) is 7.48 Å². The Kier molecular flexibility index (Phi) is 1.30. The fraction of sp³-hybridized carbons (Fsp3) is 0.200. The van der Waals surface area contributed by atoms with Gasteiger partial charge in [0.15, 0.2) is 0 Å². The summed E-state index contributed by atoms with van der Waals surface area (Å²) in [6.45, 7) is 0. The van der Waals surface area contributed by atoms with E-state index < -0.39 is 0 Å². The molecule has 1 aromatic rings. The van der Waals surface area contributed by atoms with Crippen LogP contribution in [0.4, 0.5) is 0 Å². The molecule has 1 aromatic heterocycles. The molecule has 0 bridgehead atoms. The van der Waals surface area contributed by atoms with Crippen molar-refractivity contribution < 1.29 is 7.48 Å². The topological polar surface area (TPSA) is 35.0 Å². The van der Waals surface area contributed by atoms with Crippen molar-refractivity contribution >= 4 is 15.9 Å². The molecule has 4 heteroatoms. The van der Waals surface area contributed by atoms with Crippen molar-refractivity contribution in [1.29, 1.82) is 0 Å². The Morgan fingerprint density at radius 3 is 3.33 bits per heavy atom. The molecule has 0 amide bonds. The number of hydrogen-bond donors (Lipinski definition) is 0. The molecule has 0 saturated heterocycles. The lowest BCUT2D eigenvalue weighted by atomic mass is 10.6. The molecule has 0 saturated carbocycles. The van der Waals surface area contributed by atoms with Crippen LogP contribution in [0.1, 0.15) is 2.74 Å². The first-order chi connectivity index (χ1) is 5.16. The number of nitrogens with zero attached hydrogens (tertiary/aromatic N) is 2. The van der Waals surface area contributed by atoms with Gasteiger partial charge in [-0.15, -0.1) is 5.10 Å². The first kappa shape index (κ1) is 4.22. The molecule has 0 aliphatic rings. The maximum atomic E-state index is 7.34. The highest BCUT2D eigenvalue weighted by Crippen LogP contribution is 2.11. The summed E-state index contributed by atoms with van der Waals surface area (Å²) in [6.07, 6.45) is -0.0594. The Labute approximate surface area is 64.0 Å². The molecule has 0 aliphatic carbocycles. The van der Waals surface area contributed by atoms with Crippen LogP contribution in [0.25, 0.3) is 0 Å². The highest BCUT2D eigenvalue weighted by Gasteiger charge is 1.91. The monoisotopic (exact) mass is 190 g/mol. The van der Waals surface area contributed by atoms with Gasteiger partial charge >= 0.3 is 0 Å². The van der Waals surface area contributed by atoms with Gasteiger partial charge in [-0.05, 0) is 15.9 Å². The van der Waals surface area contributed by atoms with Crippen LogP contribution in [0.2, 0.25) is 0 Å². The van der Waals surface area contributed by atoms with E-state index in [9.17, 15) is 0 Å². The Morgan fingerprint density at radius 1 is 1.89 bits per heavy atom. The summed E-state index contributed by atoms with van der Waals surface area (Å²) in [5.41, 5.74) is 0. The van der Waals surface area contributed by atoms with Crippen molar-refractivity contribution in [2.75, 3.05) is 7.11 Å². The number of ether oxygens (including phenoxy) is 1. The summed E-state index contributed by atoms with van der Waals surface area (Å²) >= 11 is 3.01. The Hall–Kier alpha value is -0.640. The zero-order chi connectivity index (χ0) is 8.43. The fourth-order valence-corrected chi connectivity index (χ4v) is 0.602. The van der Waals surface area contributed by atoms with Crippen molar-refractivity contribution in [3.8, 4) is 5.88 Å². The average Bonchev–Trinajstić information content (AvgIpc) is 2.01. The van der Waals surface area contributed by atoms with Gasteiger partial charge in [-0.3, -0.25) is 0 Å². The Bertz CT molecular complexity index is 281. The molecule has 1 heterocycles. The van der Waals surface area contributed by atoms with E-state index >= 15 is 0 Å². The van der Waals surface area contributed by atoms with Crippen LogP contribution in [-0.2, 0) is 0 Å². The minimum atomic E-state index is -0.0594. The molecule has 0 radical (unpaired) electrons. The predicted octanol–water partition coefficient (Wildman–Crippen LogP) is 1.25. The molecule has 9 heavy (non-hydrogen) atoms. The quantitative estimate of drug-likeness (QED) is 0.669. The van der Waals surface area contributed by atoms with E-state index in [0.717, 1.165) is 0 Å². The van der Waals surface area contributed by atoms with Crippen molar-refractivity contribution in [1.82, 2.24) is 10.2 Å². The number of hydrogen-bond acceptors (Lipinski definition) is 3. The number of halogens is 1. The molecule has 0 unspecified atom stereocenters. The minimum absolute atomic E-state index is 0.0486. The molecule has 0 aromatic carbocycles. The van der Waals surface area contributed by atoms with Gasteiger partial charge in [-0.2, -0.15) is 5.10 Å².